The van der Waals surface area contributed by atoms with E-state index in [2.05, 4.69) is 10.9 Å². The molecule has 0 saturated heterocycles. The summed E-state index contributed by atoms with van der Waals surface area (Å²) in [5, 5.41) is 2.71. The molecule has 5 aromatic rings. The summed E-state index contributed by atoms with van der Waals surface area (Å²) in [6.07, 6.45) is 5.61. The van der Waals surface area contributed by atoms with Gasteiger partial charge in [-0.1, -0.05) is 41.5 Å². The minimum absolute atomic E-state index is 0.238. The molecule has 8 heteroatoms. The average molecular weight is 498 g/mol. The highest BCUT2D eigenvalue weighted by atomic mass is 32.1. The summed E-state index contributed by atoms with van der Waals surface area (Å²) < 4.78 is 7.70. The number of nitrogens with zero attached hydrogens (tertiary/aromatic N) is 3. The number of hydrogen-bond acceptors (Lipinski definition) is 6. The number of thiophene rings is 1. The number of hydrogen-bond donors (Lipinski definition) is 0. The number of esters is 1. The molecule has 5 rings (SSSR count). The van der Waals surface area contributed by atoms with Crippen LogP contribution in [0.15, 0.2) is 71.0 Å². The Morgan fingerprint density at radius 3 is 2.77 bits per heavy atom. The third-order valence-corrected chi connectivity index (χ3v) is 7.29. The number of carbonyl (C=O) groups is 2. The molecule has 2 aromatic carbocycles. The molecule has 0 atom stereocenters. The van der Waals surface area contributed by atoms with Crippen LogP contribution in [0.2, 0.25) is 0 Å². The van der Waals surface area contributed by atoms with Crippen molar-refractivity contribution in [2.45, 2.75) is 13.5 Å². The van der Waals surface area contributed by atoms with Crippen molar-refractivity contribution in [2.75, 3.05) is 6.61 Å². The van der Waals surface area contributed by atoms with E-state index in [0.717, 1.165) is 31.7 Å². The highest BCUT2D eigenvalue weighted by molar-refractivity contribution is 7.16. The lowest BCUT2D eigenvalue weighted by molar-refractivity contribution is 0.0526. The van der Waals surface area contributed by atoms with Gasteiger partial charge in [0.1, 0.15) is 0 Å². The molecule has 0 spiro atoms. The normalized spacial score (nSPS) is 11.6. The van der Waals surface area contributed by atoms with Crippen molar-refractivity contribution in [1.29, 1.82) is 0 Å². The van der Waals surface area contributed by atoms with Crippen molar-refractivity contribution in [2.24, 2.45) is 4.99 Å². The summed E-state index contributed by atoms with van der Waals surface area (Å²) in [6.45, 7) is 2.29. The lowest BCUT2D eigenvalue weighted by Gasteiger charge is -2.06. The summed E-state index contributed by atoms with van der Waals surface area (Å²) in [6, 6.07) is 18.5. The molecule has 3 aromatic heterocycles. The number of rotatable bonds is 5. The highest BCUT2D eigenvalue weighted by Crippen LogP contribution is 2.28. The molecule has 6 nitrogen and oxygen atoms in total. The van der Waals surface area contributed by atoms with Gasteiger partial charge in [-0.25, -0.2) is 9.78 Å². The topological polar surface area (TPSA) is 73.5 Å². The van der Waals surface area contributed by atoms with Crippen molar-refractivity contribution >= 4 is 55.7 Å². The first-order valence-electron chi connectivity index (χ1n) is 10.9. The number of terminal acetylenes is 1. The van der Waals surface area contributed by atoms with Gasteiger partial charge < -0.3 is 9.30 Å². The van der Waals surface area contributed by atoms with Crippen LogP contribution < -0.4 is 4.80 Å². The molecule has 0 unspecified atom stereocenters. The molecular formula is C27H19N3O3S2. The van der Waals surface area contributed by atoms with Crippen LogP contribution in [0.25, 0.3) is 31.7 Å². The molecule has 35 heavy (non-hydrogen) atoms. The predicted molar refractivity (Wildman–Crippen MR) is 140 cm³/mol. The smallest absolute Gasteiger partial charge is 0.338 e. The van der Waals surface area contributed by atoms with Crippen LogP contribution in [-0.4, -0.2) is 28.0 Å². The minimum atomic E-state index is -0.398. The zero-order valence-electron chi connectivity index (χ0n) is 18.7. The Morgan fingerprint density at radius 2 is 2.00 bits per heavy atom. The number of amides is 1. The van der Waals surface area contributed by atoms with Gasteiger partial charge in [-0.05, 0) is 48.7 Å². The fraction of sp³-hybridized carbons (Fsp3) is 0.111. The lowest BCUT2D eigenvalue weighted by atomic mass is 10.1. The fourth-order valence-corrected chi connectivity index (χ4v) is 5.55. The fourth-order valence-electron chi connectivity index (χ4n) is 3.79. The Kier molecular flexibility index (Phi) is 6.27. The van der Waals surface area contributed by atoms with Gasteiger partial charge in [-0.15, -0.1) is 17.8 Å². The van der Waals surface area contributed by atoms with Crippen LogP contribution in [-0.2, 0) is 11.3 Å². The van der Waals surface area contributed by atoms with E-state index in [-0.39, 0.29) is 12.5 Å². The van der Waals surface area contributed by atoms with Crippen LogP contribution in [0.1, 0.15) is 27.6 Å². The van der Waals surface area contributed by atoms with Crippen molar-refractivity contribution in [1.82, 2.24) is 9.55 Å². The zero-order chi connectivity index (χ0) is 24.4. The maximum atomic E-state index is 13.5. The zero-order valence-corrected chi connectivity index (χ0v) is 20.4. The van der Waals surface area contributed by atoms with E-state index in [1.807, 2.05) is 41.8 Å². The van der Waals surface area contributed by atoms with E-state index < -0.39 is 5.97 Å². The Bertz CT molecular complexity index is 1690. The van der Waals surface area contributed by atoms with Crippen LogP contribution in [0.4, 0.5) is 0 Å². The molecule has 0 fully saturated rings. The summed E-state index contributed by atoms with van der Waals surface area (Å²) >= 11 is 2.86. The van der Waals surface area contributed by atoms with Gasteiger partial charge in [-0.3, -0.25) is 4.79 Å². The third kappa shape index (κ3) is 4.39. The van der Waals surface area contributed by atoms with Crippen LogP contribution in [0.5, 0.6) is 0 Å². The van der Waals surface area contributed by atoms with E-state index in [1.54, 1.807) is 47.1 Å². The van der Waals surface area contributed by atoms with E-state index in [9.17, 15) is 9.59 Å². The van der Waals surface area contributed by atoms with Crippen molar-refractivity contribution in [3.05, 3.63) is 82.0 Å². The SMILES string of the molecule is C#CCn1c(=NC(=O)c2cc(-c3cccs3)nc3ccccc23)sc2cc(C(=O)OCC)ccc21. The molecule has 0 bridgehead atoms. The van der Waals surface area contributed by atoms with Crippen LogP contribution >= 0.6 is 22.7 Å². The first kappa shape index (κ1) is 22.7. The molecular weight excluding hydrogens is 478 g/mol. The molecule has 0 aliphatic rings. The number of para-hydroxylation sites is 1. The Hall–Kier alpha value is -4.06. The number of pyridine rings is 1. The van der Waals surface area contributed by atoms with Gasteiger partial charge in [0.15, 0.2) is 4.80 Å². The molecule has 1 amide bonds. The molecule has 172 valence electrons. The van der Waals surface area contributed by atoms with Gasteiger partial charge in [0.05, 0.1) is 50.6 Å². The quantitative estimate of drug-likeness (QED) is 0.236. The number of ether oxygens (including phenoxy) is 1. The predicted octanol–water partition coefficient (Wildman–Crippen LogP) is 5.53. The van der Waals surface area contributed by atoms with Gasteiger partial charge in [-0.2, -0.15) is 4.99 Å². The maximum Gasteiger partial charge on any atom is 0.338 e. The van der Waals surface area contributed by atoms with Gasteiger partial charge >= 0.3 is 5.97 Å². The van der Waals surface area contributed by atoms with Crippen molar-refractivity contribution in [3.8, 4) is 22.9 Å². The first-order valence-corrected chi connectivity index (χ1v) is 12.6. The molecule has 3 heterocycles. The third-order valence-electron chi connectivity index (χ3n) is 5.36. The summed E-state index contributed by atoms with van der Waals surface area (Å²) in [5.74, 6) is 1.85. The van der Waals surface area contributed by atoms with Crippen molar-refractivity contribution < 1.29 is 14.3 Å². The van der Waals surface area contributed by atoms with E-state index >= 15 is 0 Å². The number of thiazole rings is 1. The number of benzene rings is 2. The van der Waals surface area contributed by atoms with Crippen LogP contribution in [0, 0.1) is 12.3 Å². The highest BCUT2D eigenvalue weighted by Gasteiger charge is 2.16. The molecule has 0 radical (unpaired) electrons. The Balaban J connectivity index is 1.66. The monoisotopic (exact) mass is 497 g/mol. The standard InChI is InChI=1S/C27H19N3O3S2/c1-3-13-30-22-12-11-17(26(32)33-4-2)15-24(22)35-27(30)29-25(31)19-16-21(23-10-7-14-34-23)28-20-9-6-5-8-18(19)20/h1,5-12,14-16H,4,13H2,2H3. The van der Waals surface area contributed by atoms with Gasteiger partial charge in [0, 0.05) is 5.39 Å². The first-order chi connectivity index (χ1) is 17.1. The summed E-state index contributed by atoms with van der Waals surface area (Å²) in [4.78, 5) is 36.3. The Labute approximate surface area is 209 Å². The maximum absolute atomic E-state index is 13.5. The second-order valence-electron chi connectivity index (χ2n) is 7.54. The summed E-state index contributed by atoms with van der Waals surface area (Å²) in [5.41, 5.74) is 3.16. The van der Waals surface area contributed by atoms with Crippen LogP contribution in [0.3, 0.4) is 0 Å². The number of aromatic nitrogens is 2. The number of carbonyl (C=O) groups excluding carboxylic acids is 2. The second kappa shape index (κ2) is 9.66. The summed E-state index contributed by atoms with van der Waals surface area (Å²) in [7, 11) is 0. The average Bonchev–Trinajstić information content (AvgIpc) is 3.52. The minimum Gasteiger partial charge on any atom is -0.462 e. The lowest BCUT2D eigenvalue weighted by Crippen LogP contribution is -2.16. The second-order valence-corrected chi connectivity index (χ2v) is 9.50. The van der Waals surface area contributed by atoms with Gasteiger partial charge in [0.2, 0.25) is 0 Å². The molecule has 0 saturated carbocycles. The number of fused-ring (bicyclic) bond motifs is 2. The molecule has 0 N–H and O–H groups in total. The van der Waals surface area contributed by atoms with Gasteiger partial charge in [0.25, 0.3) is 5.91 Å². The molecule has 0 aliphatic heterocycles. The molecule has 0 aliphatic carbocycles. The Morgan fingerprint density at radius 1 is 1.14 bits per heavy atom. The largest absolute Gasteiger partial charge is 0.462 e. The van der Waals surface area contributed by atoms with E-state index in [4.69, 9.17) is 16.1 Å². The van der Waals surface area contributed by atoms with E-state index in [1.165, 1.54) is 11.3 Å². The van der Waals surface area contributed by atoms with Crippen molar-refractivity contribution in [3.63, 3.8) is 0 Å². The van der Waals surface area contributed by atoms with E-state index in [0.29, 0.717) is 22.5 Å².